The van der Waals surface area contributed by atoms with Crippen LogP contribution in [0.2, 0.25) is 0 Å². The number of rotatable bonds is 3. The van der Waals surface area contributed by atoms with Crippen molar-refractivity contribution in [3.63, 3.8) is 0 Å². The van der Waals surface area contributed by atoms with E-state index in [1.54, 1.807) is 12.1 Å². The van der Waals surface area contributed by atoms with Crippen molar-refractivity contribution in [2.75, 3.05) is 0 Å². The van der Waals surface area contributed by atoms with Crippen LogP contribution in [-0.2, 0) is 0 Å². The lowest BCUT2D eigenvalue weighted by Gasteiger charge is -2.10. The Labute approximate surface area is 169 Å². The first-order chi connectivity index (χ1) is 14.3. The Morgan fingerprint density at radius 2 is 1.24 bits per heavy atom. The van der Waals surface area contributed by atoms with Crippen LogP contribution in [-0.4, -0.2) is 4.98 Å². The molecule has 29 heavy (non-hydrogen) atoms. The summed E-state index contributed by atoms with van der Waals surface area (Å²) < 4.78 is 13.3. The highest BCUT2D eigenvalue weighted by Gasteiger charge is 2.08. The Bertz CT molecular complexity index is 1290. The van der Waals surface area contributed by atoms with E-state index >= 15 is 0 Å². The van der Waals surface area contributed by atoms with Gasteiger partial charge in [-0.2, -0.15) is 0 Å². The number of aromatic nitrogens is 1. The topological polar surface area (TPSA) is 12.9 Å². The molecule has 5 aromatic rings. The van der Waals surface area contributed by atoms with Gasteiger partial charge in [-0.3, -0.25) is 0 Å². The van der Waals surface area contributed by atoms with Gasteiger partial charge in [0.2, 0.25) is 0 Å². The quantitative estimate of drug-likeness (QED) is 0.321. The second-order valence-corrected chi connectivity index (χ2v) is 7.02. The van der Waals surface area contributed by atoms with E-state index in [4.69, 9.17) is 4.98 Å². The van der Waals surface area contributed by atoms with Gasteiger partial charge in [0.15, 0.2) is 0 Å². The van der Waals surface area contributed by atoms with E-state index < -0.39 is 0 Å². The van der Waals surface area contributed by atoms with Crippen molar-refractivity contribution < 1.29 is 4.39 Å². The Morgan fingerprint density at radius 3 is 2.07 bits per heavy atom. The van der Waals surface area contributed by atoms with Crippen LogP contribution < -0.4 is 0 Å². The van der Waals surface area contributed by atoms with Crippen LogP contribution in [0.1, 0.15) is 0 Å². The van der Waals surface area contributed by atoms with Crippen LogP contribution in [0.25, 0.3) is 44.4 Å². The van der Waals surface area contributed by atoms with E-state index in [1.807, 2.05) is 36.4 Å². The molecule has 1 heterocycles. The standard InChI is InChI=1S/C27H18FN/c28-23-14-12-20(13-15-23)24-10-5-11-27-25(24)16-17-26(29-27)22-9-4-8-21(18-22)19-6-2-1-3-7-19/h1-18H. The van der Waals surface area contributed by atoms with Gasteiger partial charge >= 0.3 is 0 Å². The lowest BCUT2D eigenvalue weighted by Crippen LogP contribution is -1.89. The normalized spacial score (nSPS) is 10.9. The lowest BCUT2D eigenvalue weighted by molar-refractivity contribution is 0.628. The predicted octanol–water partition coefficient (Wildman–Crippen LogP) is 7.37. The predicted molar refractivity (Wildman–Crippen MR) is 118 cm³/mol. The number of hydrogen-bond acceptors (Lipinski definition) is 1. The number of nitrogens with zero attached hydrogens (tertiary/aromatic N) is 1. The molecule has 0 aliphatic rings. The number of halogens is 1. The fraction of sp³-hybridized carbons (Fsp3) is 0. The van der Waals surface area contributed by atoms with Crippen molar-refractivity contribution in [1.82, 2.24) is 4.98 Å². The fourth-order valence-electron chi connectivity index (χ4n) is 3.69. The highest BCUT2D eigenvalue weighted by Crippen LogP contribution is 2.31. The van der Waals surface area contributed by atoms with E-state index in [9.17, 15) is 4.39 Å². The smallest absolute Gasteiger partial charge is 0.123 e. The summed E-state index contributed by atoms with van der Waals surface area (Å²) in [7, 11) is 0. The zero-order valence-corrected chi connectivity index (χ0v) is 15.7. The second-order valence-electron chi connectivity index (χ2n) is 7.02. The molecule has 0 bridgehead atoms. The maximum absolute atomic E-state index is 13.3. The molecular weight excluding hydrogens is 357 g/mol. The van der Waals surface area contributed by atoms with Gasteiger partial charge in [0, 0.05) is 10.9 Å². The van der Waals surface area contributed by atoms with Crippen LogP contribution in [0.3, 0.4) is 0 Å². The minimum atomic E-state index is -0.229. The van der Waals surface area contributed by atoms with Crippen molar-refractivity contribution in [3.05, 3.63) is 115 Å². The highest BCUT2D eigenvalue weighted by molar-refractivity contribution is 5.95. The van der Waals surface area contributed by atoms with Crippen LogP contribution in [0.4, 0.5) is 4.39 Å². The van der Waals surface area contributed by atoms with E-state index in [2.05, 4.69) is 48.5 Å². The summed E-state index contributed by atoms with van der Waals surface area (Å²) >= 11 is 0. The summed E-state index contributed by atoms with van der Waals surface area (Å²) in [5, 5.41) is 1.06. The second kappa shape index (κ2) is 7.33. The molecule has 0 fully saturated rings. The Balaban J connectivity index is 1.59. The van der Waals surface area contributed by atoms with Crippen molar-refractivity contribution in [1.29, 1.82) is 0 Å². The van der Waals surface area contributed by atoms with E-state index in [0.717, 1.165) is 33.3 Å². The summed E-state index contributed by atoms with van der Waals surface area (Å²) in [5.74, 6) is -0.229. The van der Waals surface area contributed by atoms with Crippen LogP contribution in [0, 0.1) is 5.82 Å². The van der Waals surface area contributed by atoms with Crippen LogP contribution >= 0.6 is 0 Å². The van der Waals surface area contributed by atoms with Gasteiger partial charge in [-0.1, -0.05) is 78.9 Å². The molecule has 0 amide bonds. The van der Waals surface area contributed by atoms with Crippen molar-refractivity contribution in [2.24, 2.45) is 0 Å². The Kier molecular flexibility index (Phi) is 4.38. The van der Waals surface area contributed by atoms with E-state index in [0.29, 0.717) is 0 Å². The maximum Gasteiger partial charge on any atom is 0.123 e. The minimum Gasteiger partial charge on any atom is -0.248 e. The molecule has 4 aromatic carbocycles. The van der Waals surface area contributed by atoms with Gasteiger partial charge in [0.1, 0.15) is 5.82 Å². The van der Waals surface area contributed by atoms with Gasteiger partial charge in [-0.05, 0) is 52.6 Å². The van der Waals surface area contributed by atoms with Gasteiger partial charge in [0.25, 0.3) is 0 Å². The first-order valence-corrected chi connectivity index (χ1v) is 9.59. The highest BCUT2D eigenvalue weighted by atomic mass is 19.1. The largest absolute Gasteiger partial charge is 0.248 e. The van der Waals surface area contributed by atoms with Gasteiger partial charge in [0.05, 0.1) is 11.2 Å². The zero-order valence-electron chi connectivity index (χ0n) is 15.7. The molecule has 0 saturated carbocycles. The van der Waals surface area contributed by atoms with Gasteiger partial charge < -0.3 is 0 Å². The molecule has 2 heteroatoms. The molecule has 0 aliphatic carbocycles. The van der Waals surface area contributed by atoms with Gasteiger partial charge in [-0.25, -0.2) is 9.37 Å². The molecular formula is C27H18FN. The molecule has 0 unspecified atom stereocenters. The number of hydrogen-bond donors (Lipinski definition) is 0. The first kappa shape index (κ1) is 17.3. The van der Waals surface area contributed by atoms with Crippen molar-refractivity contribution in [3.8, 4) is 33.5 Å². The third kappa shape index (κ3) is 3.41. The SMILES string of the molecule is Fc1ccc(-c2cccc3nc(-c4cccc(-c5ccccc5)c4)ccc23)cc1. The molecule has 5 rings (SSSR count). The van der Waals surface area contributed by atoms with Crippen LogP contribution in [0.15, 0.2) is 109 Å². The number of pyridine rings is 1. The lowest BCUT2D eigenvalue weighted by atomic mass is 9.98. The molecule has 1 aromatic heterocycles. The zero-order chi connectivity index (χ0) is 19.6. The molecule has 0 radical (unpaired) electrons. The summed E-state index contributed by atoms with van der Waals surface area (Å²) in [6.45, 7) is 0. The third-order valence-corrected chi connectivity index (χ3v) is 5.15. The Morgan fingerprint density at radius 1 is 0.517 bits per heavy atom. The molecule has 0 aliphatic heterocycles. The molecule has 0 spiro atoms. The monoisotopic (exact) mass is 375 g/mol. The van der Waals surface area contributed by atoms with E-state index in [1.165, 1.54) is 23.3 Å². The average Bonchev–Trinajstić information content (AvgIpc) is 2.79. The van der Waals surface area contributed by atoms with E-state index in [-0.39, 0.29) is 5.82 Å². The van der Waals surface area contributed by atoms with Crippen molar-refractivity contribution in [2.45, 2.75) is 0 Å². The van der Waals surface area contributed by atoms with Gasteiger partial charge in [-0.15, -0.1) is 0 Å². The maximum atomic E-state index is 13.3. The molecule has 0 saturated heterocycles. The summed E-state index contributed by atoms with van der Waals surface area (Å²) in [6, 6.07) is 35.6. The average molecular weight is 375 g/mol. The molecule has 0 atom stereocenters. The molecule has 1 nitrogen and oxygen atoms in total. The summed E-state index contributed by atoms with van der Waals surface area (Å²) in [5.41, 5.74) is 7.34. The first-order valence-electron chi connectivity index (χ1n) is 9.59. The minimum absolute atomic E-state index is 0.229. The number of fused-ring (bicyclic) bond motifs is 1. The van der Waals surface area contributed by atoms with Crippen molar-refractivity contribution >= 4 is 10.9 Å². The molecule has 0 N–H and O–H groups in total. The number of benzene rings is 4. The van der Waals surface area contributed by atoms with Crippen LogP contribution in [0.5, 0.6) is 0 Å². The fourth-order valence-corrected chi connectivity index (χ4v) is 3.69. The molecule has 138 valence electrons. The third-order valence-electron chi connectivity index (χ3n) is 5.15. The Hall–Kier alpha value is -3.78. The summed E-state index contributed by atoms with van der Waals surface area (Å²) in [6.07, 6.45) is 0. The summed E-state index contributed by atoms with van der Waals surface area (Å²) in [4.78, 5) is 4.91.